The van der Waals surface area contributed by atoms with Crippen molar-refractivity contribution in [2.45, 2.75) is 54.4 Å². The van der Waals surface area contributed by atoms with Crippen molar-refractivity contribution in [1.82, 2.24) is 19.7 Å². The van der Waals surface area contributed by atoms with Crippen LogP contribution in [0, 0.1) is 0 Å². The molecule has 184 valence electrons. The van der Waals surface area contributed by atoms with Gasteiger partial charge in [-0.3, -0.25) is 14.0 Å². The van der Waals surface area contributed by atoms with Gasteiger partial charge in [0.15, 0.2) is 5.78 Å². The van der Waals surface area contributed by atoms with E-state index in [1.807, 2.05) is 0 Å². The third-order valence-corrected chi connectivity index (χ3v) is 8.31. The lowest BCUT2D eigenvalue weighted by atomic mass is 10.0. The molecule has 0 unspecified atom stereocenters. The predicted molar refractivity (Wildman–Crippen MR) is 134 cm³/mol. The summed E-state index contributed by atoms with van der Waals surface area (Å²) < 4.78 is 28.1. The zero-order valence-electron chi connectivity index (χ0n) is 19.6. The zero-order chi connectivity index (χ0) is 25.1. The zero-order valence-corrected chi connectivity index (χ0v) is 20.4. The molecule has 0 atom stereocenters. The van der Waals surface area contributed by atoms with Crippen molar-refractivity contribution < 1.29 is 18.0 Å². The number of amides is 1. The molecular formula is C27H26N4O4S. The molecule has 0 aliphatic heterocycles. The lowest BCUT2D eigenvalue weighted by molar-refractivity contribution is 0.0936. The van der Waals surface area contributed by atoms with E-state index in [4.69, 9.17) is 0 Å². The van der Waals surface area contributed by atoms with E-state index in [0.717, 1.165) is 31.2 Å². The van der Waals surface area contributed by atoms with Crippen LogP contribution < -0.4 is 5.32 Å². The lowest BCUT2D eigenvalue weighted by Gasteiger charge is -2.13. The Morgan fingerprint density at radius 3 is 2.53 bits per heavy atom. The number of carbonyl (C=O) groups excluding carboxylic acids is 2. The highest BCUT2D eigenvalue weighted by molar-refractivity contribution is 7.91. The third-order valence-electron chi connectivity index (χ3n) is 6.54. The van der Waals surface area contributed by atoms with Crippen LogP contribution in [-0.4, -0.2) is 40.5 Å². The molecule has 1 aliphatic carbocycles. The average molecular weight is 503 g/mol. The normalized spacial score (nSPS) is 14.2. The summed E-state index contributed by atoms with van der Waals surface area (Å²) in [7, 11) is -3.79. The smallest absolute Gasteiger partial charge is 0.251 e. The maximum Gasteiger partial charge on any atom is 0.251 e. The van der Waals surface area contributed by atoms with Crippen LogP contribution in [0.4, 0.5) is 0 Å². The molecule has 2 aromatic carbocycles. The van der Waals surface area contributed by atoms with E-state index in [9.17, 15) is 18.0 Å². The second-order valence-corrected chi connectivity index (χ2v) is 11.0. The monoisotopic (exact) mass is 502 g/mol. The molecule has 4 aromatic rings. The van der Waals surface area contributed by atoms with Crippen molar-refractivity contribution in [2.75, 3.05) is 0 Å². The Kier molecular flexibility index (Phi) is 6.65. The number of Topliss-reactive ketones (excluding diaryl/α,β-unsaturated/α-hetero) is 1. The number of ketones is 1. The molecule has 2 heterocycles. The Labute approximate surface area is 209 Å². The van der Waals surface area contributed by atoms with Crippen LogP contribution in [0.15, 0.2) is 83.1 Å². The van der Waals surface area contributed by atoms with Crippen LogP contribution in [0.25, 0.3) is 5.78 Å². The summed E-state index contributed by atoms with van der Waals surface area (Å²) in [5.74, 6) is 0.229. The maximum atomic E-state index is 13.2. The van der Waals surface area contributed by atoms with Crippen LogP contribution in [0.1, 0.15) is 58.4 Å². The molecule has 5 rings (SSSR count). The van der Waals surface area contributed by atoms with Crippen LogP contribution in [0.5, 0.6) is 0 Å². The summed E-state index contributed by atoms with van der Waals surface area (Å²) in [5, 5.41) is 2.99. The highest BCUT2D eigenvalue weighted by atomic mass is 32.2. The number of hydrogen-bond acceptors (Lipinski definition) is 6. The number of rotatable bonds is 8. The molecular weight excluding hydrogens is 476 g/mol. The SMILES string of the molecule is O=C(CCc1ccc(S(=O)(=O)c2cccc(C(=O)NC3CCCC3)c2)cc1)c1cnc2nccn2c1. The van der Waals surface area contributed by atoms with Crippen molar-refractivity contribution in [3.05, 3.63) is 90.0 Å². The van der Waals surface area contributed by atoms with Gasteiger partial charge in [-0.1, -0.05) is 31.0 Å². The number of nitrogens with one attached hydrogen (secondary N) is 1. The largest absolute Gasteiger partial charge is 0.349 e. The van der Waals surface area contributed by atoms with Crippen LogP contribution >= 0.6 is 0 Å². The van der Waals surface area contributed by atoms with Crippen molar-refractivity contribution in [1.29, 1.82) is 0 Å². The number of benzene rings is 2. The number of fused-ring (bicyclic) bond motifs is 1. The Morgan fingerprint density at radius 1 is 0.972 bits per heavy atom. The summed E-state index contributed by atoms with van der Waals surface area (Å²) in [4.78, 5) is 33.6. The van der Waals surface area contributed by atoms with Gasteiger partial charge in [0.1, 0.15) is 0 Å². The molecule has 0 saturated heterocycles. The Balaban J connectivity index is 1.25. The van der Waals surface area contributed by atoms with Crippen LogP contribution in [0.3, 0.4) is 0 Å². The Bertz CT molecular complexity index is 1520. The van der Waals surface area contributed by atoms with E-state index in [2.05, 4.69) is 15.3 Å². The molecule has 0 radical (unpaired) electrons. The van der Waals surface area contributed by atoms with Gasteiger partial charge in [0.25, 0.3) is 5.91 Å². The fourth-order valence-corrected chi connectivity index (χ4v) is 5.78. The van der Waals surface area contributed by atoms with Gasteiger partial charge in [0.2, 0.25) is 15.6 Å². The predicted octanol–water partition coefficient (Wildman–Crippen LogP) is 4.05. The first kappa shape index (κ1) is 23.9. The van der Waals surface area contributed by atoms with Crippen molar-refractivity contribution in [2.24, 2.45) is 0 Å². The quantitative estimate of drug-likeness (QED) is 0.364. The minimum absolute atomic E-state index is 0.0532. The molecule has 36 heavy (non-hydrogen) atoms. The van der Waals surface area contributed by atoms with E-state index < -0.39 is 9.84 Å². The first-order chi connectivity index (χ1) is 17.4. The van der Waals surface area contributed by atoms with Crippen LogP contribution in [-0.2, 0) is 16.3 Å². The van der Waals surface area contributed by atoms with Crippen LogP contribution in [0.2, 0.25) is 0 Å². The van der Waals surface area contributed by atoms with Gasteiger partial charge in [0.05, 0.1) is 15.4 Å². The van der Waals surface area contributed by atoms with Crippen molar-refractivity contribution in [3.63, 3.8) is 0 Å². The minimum atomic E-state index is -3.79. The van der Waals surface area contributed by atoms with Gasteiger partial charge >= 0.3 is 0 Å². The molecule has 1 fully saturated rings. The number of nitrogens with zero attached hydrogens (tertiary/aromatic N) is 3. The summed E-state index contributed by atoms with van der Waals surface area (Å²) in [6.45, 7) is 0. The first-order valence-electron chi connectivity index (χ1n) is 12.0. The molecule has 1 aliphatic rings. The standard InChI is InChI=1S/C27H26N4O4S/c32-25(21-17-29-27-28-14-15-31(27)18-21)13-10-19-8-11-23(12-9-19)36(34,35)24-7-3-4-20(16-24)26(33)30-22-5-1-2-6-22/h3-4,7-9,11-12,14-18,22H,1-2,5-6,10,13H2,(H,30,33). The lowest BCUT2D eigenvalue weighted by Crippen LogP contribution is -2.32. The fraction of sp³-hybridized carbons (Fsp3) is 0.259. The van der Waals surface area contributed by atoms with Gasteiger partial charge in [0, 0.05) is 42.8 Å². The second kappa shape index (κ2) is 10.0. The number of carbonyl (C=O) groups is 2. The molecule has 2 aromatic heterocycles. The first-order valence-corrected chi connectivity index (χ1v) is 13.5. The fourth-order valence-electron chi connectivity index (χ4n) is 4.48. The van der Waals surface area contributed by atoms with E-state index in [0.29, 0.717) is 23.3 Å². The summed E-state index contributed by atoms with van der Waals surface area (Å²) in [5.41, 5.74) is 1.68. The Morgan fingerprint density at radius 2 is 1.75 bits per heavy atom. The average Bonchev–Trinajstić information content (AvgIpc) is 3.59. The second-order valence-electron chi connectivity index (χ2n) is 9.03. The highest BCUT2D eigenvalue weighted by Gasteiger charge is 2.21. The summed E-state index contributed by atoms with van der Waals surface area (Å²) in [6.07, 6.45) is 11.4. The van der Waals surface area contributed by atoms with Gasteiger partial charge < -0.3 is 5.32 Å². The van der Waals surface area contributed by atoms with E-state index in [-0.39, 0.29) is 33.9 Å². The van der Waals surface area contributed by atoms with Crippen molar-refractivity contribution in [3.8, 4) is 0 Å². The topological polar surface area (TPSA) is 110 Å². The number of hydrogen-bond donors (Lipinski definition) is 1. The number of imidazole rings is 1. The molecule has 9 heteroatoms. The van der Waals surface area contributed by atoms with Gasteiger partial charge in [-0.05, 0) is 55.2 Å². The Hall–Kier alpha value is -3.85. The molecule has 8 nitrogen and oxygen atoms in total. The highest BCUT2D eigenvalue weighted by Crippen LogP contribution is 2.23. The van der Waals surface area contributed by atoms with Gasteiger partial charge in [-0.2, -0.15) is 0 Å². The number of aromatic nitrogens is 3. The van der Waals surface area contributed by atoms with E-state index in [1.165, 1.54) is 18.3 Å². The number of sulfone groups is 1. The van der Waals surface area contributed by atoms with E-state index in [1.54, 1.807) is 59.4 Å². The minimum Gasteiger partial charge on any atom is -0.349 e. The molecule has 0 bridgehead atoms. The number of aryl methyl sites for hydroxylation is 1. The molecule has 1 saturated carbocycles. The van der Waals surface area contributed by atoms with E-state index >= 15 is 0 Å². The summed E-state index contributed by atoms with van der Waals surface area (Å²) >= 11 is 0. The van der Waals surface area contributed by atoms with Gasteiger partial charge in [-0.15, -0.1) is 0 Å². The molecule has 1 amide bonds. The third kappa shape index (κ3) is 5.06. The summed E-state index contributed by atoms with van der Waals surface area (Å²) in [6, 6.07) is 12.8. The molecule has 0 spiro atoms. The molecule has 1 N–H and O–H groups in total. The van der Waals surface area contributed by atoms with Gasteiger partial charge in [-0.25, -0.2) is 18.4 Å². The van der Waals surface area contributed by atoms with Crippen molar-refractivity contribution >= 4 is 27.3 Å². The maximum absolute atomic E-state index is 13.2.